The maximum Gasteiger partial charge on any atom is 0.303 e. The van der Waals surface area contributed by atoms with Gasteiger partial charge in [0.1, 0.15) is 12.7 Å². The monoisotopic (exact) mass is 611 g/mol. The number of esters is 4. The number of hydrogen-bond donors (Lipinski definition) is 0. The van der Waals surface area contributed by atoms with Crippen molar-refractivity contribution >= 4 is 36.1 Å². The zero-order valence-corrected chi connectivity index (χ0v) is 24.5. The van der Waals surface area contributed by atoms with Crippen molar-refractivity contribution in [1.82, 2.24) is 14.3 Å². The Morgan fingerprint density at radius 2 is 1.33 bits per heavy atom. The van der Waals surface area contributed by atoms with Crippen LogP contribution in [0.2, 0.25) is 0 Å². The lowest BCUT2D eigenvalue weighted by Gasteiger charge is -2.44. The van der Waals surface area contributed by atoms with Crippen molar-refractivity contribution in [1.29, 1.82) is 0 Å². The third kappa shape index (κ3) is 7.21. The molecule has 13 nitrogen and oxygen atoms in total. The van der Waals surface area contributed by atoms with Crippen LogP contribution < -0.4 is 5.56 Å². The number of hydrogen-bond acceptors (Lipinski definition) is 12. The maximum atomic E-state index is 13.8. The van der Waals surface area contributed by atoms with Gasteiger partial charge in [-0.1, -0.05) is 48.5 Å². The molecule has 2 heterocycles. The second-order valence-corrected chi connectivity index (χ2v) is 9.87. The van der Waals surface area contributed by atoms with E-state index in [2.05, 4.69) is 5.10 Å². The van der Waals surface area contributed by atoms with Gasteiger partial charge in [0.25, 0.3) is 5.56 Å². The summed E-state index contributed by atoms with van der Waals surface area (Å²) in [5.41, 5.74) is 0.304. The molecule has 0 amide bonds. The Bertz CT molecular complexity index is 1620. The molecule has 0 spiro atoms. The van der Waals surface area contributed by atoms with Crippen LogP contribution in [-0.2, 0) is 42.9 Å². The van der Waals surface area contributed by atoms with Crippen LogP contribution >= 0.6 is 12.2 Å². The summed E-state index contributed by atoms with van der Waals surface area (Å²) >= 11 is 5.75. The Labute approximate surface area is 250 Å². The van der Waals surface area contributed by atoms with Crippen molar-refractivity contribution < 1.29 is 42.9 Å². The molecule has 1 aliphatic heterocycles. The van der Waals surface area contributed by atoms with E-state index >= 15 is 0 Å². The number of aromatic nitrogens is 3. The molecule has 226 valence electrons. The van der Waals surface area contributed by atoms with Crippen LogP contribution in [0.3, 0.4) is 0 Å². The van der Waals surface area contributed by atoms with Gasteiger partial charge in [0.15, 0.2) is 30.2 Å². The lowest BCUT2D eigenvalue weighted by molar-refractivity contribution is -0.271. The first-order valence-electron chi connectivity index (χ1n) is 13.1. The normalized spacial score (nSPS) is 21.3. The number of ether oxygens (including phenoxy) is 5. The van der Waals surface area contributed by atoms with E-state index in [-0.39, 0.29) is 10.5 Å². The summed E-state index contributed by atoms with van der Waals surface area (Å²) in [7, 11) is 0. The molecule has 1 saturated heterocycles. The van der Waals surface area contributed by atoms with E-state index in [1.807, 2.05) is 0 Å². The van der Waals surface area contributed by atoms with Crippen molar-refractivity contribution in [2.24, 2.45) is 0 Å². The highest BCUT2D eigenvalue weighted by molar-refractivity contribution is 7.71. The highest BCUT2D eigenvalue weighted by atomic mass is 32.1. The van der Waals surface area contributed by atoms with Gasteiger partial charge in [-0.05, 0) is 24.4 Å². The van der Waals surface area contributed by atoms with Gasteiger partial charge in [0, 0.05) is 33.3 Å². The second-order valence-electron chi connectivity index (χ2n) is 9.51. The molecule has 0 aliphatic carbocycles. The standard InChI is InChI=1S/C29H29N3O10S/c1-16(33)38-15-22-24(39-17(2)34)25(40-18(3)35)26(41-19(4)36)28(42-22)32-29(43)31(21-13-9-6-10-14-21)27(37)23(30-32)20-11-7-5-8-12-20/h5-14,22,24-26,28H,15H2,1-4H3. The number of benzene rings is 2. The molecular formula is C29H29N3O10S. The van der Waals surface area contributed by atoms with Crippen molar-refractivity contribution in [2.45, 2.75) is 58.3 Å². The highest BCUT2D eigenvalue weighted by Crippen LogP contribution is 2.35. The Balaban J connectivity index is 2.00. The summed E-state index contributed by atoms with van der Waals surface area (Å²) in [5, 5.41) is 4.55. The molecule has 5 unspecified atom stereocenters. The summed E-state index contributed by atoms with van der Waals surface area (Å²) < 4.78 is 30.2. The molecule has 14 heteroatoms. The van der Waals surface area contributed by atoms with Gasteiger partial charge < -0.3 is 23.7 Å². The quantitative estimate of drug-likeness (QED) is 0.209. The molecule has 2 aromatic carbocycles. The van der Waals surface area contributed by atoms with E-state index < -0.39 is 66.7 Å². The topological polar surface area (TPSA) is 154 Å². The van der Waals surface area contributed by atoms with Gasteiger partial charge in [-0.3, -0.25) is 28.5 Å². The predicted molar refractivity (Wildman–Crippen MR) is 151 cm³/mol. The summed E-state index contributed by atoms with van der Waals surface area (Å²) in [6.07, 6.45) is -7.00. The third-order valence-corrected chi connectivity index (χ3v) is 6.64. The zero-order chi connectivity index (χ0) is 31.3. The van der Waals surface area contributed by atoms with Crippen LogP contribution in [0.4, 0.5) is 0 Å². The van der Waals surface area contributed by atoms with Gasteiger partial charge in [-0.25, -0.2) is 4.68 Å². The number of rotatable bonds is 8. The van der Waals surface area contributed by atoms with Crippen molar-refractivity contribution in [3.05, 3.63) is 75.8 Å². The van der Waals surface area contributed by atoms with Crippen molar-refractivity contribution in [3.8, 4) is 16.9 Å². The molecule has 5 atom stereocenters. The minimum atomic E-state index is -1.48. The number of carbonyl (C=O) groups excluding carboxylic acids is 4. The predicted octanol–water partition coefficient (Wildman–Crippen LogP) is 2.69. The fourth-order valence-corrected chi connectivity index (χ4v) is 4.97. The molecule has 3 aromatic rings. The van der Waals surface area contributed by atoms with E-state index in [1.165, 1.54) is 11.5 Å². The SMILES string of the molecule is CC(=O)OCC1OC(n2nc(-c3ccccc3)c(=O)n(-c3ccccc3)c2=S)C(OC(C)=O)C(OC(C)=O)C1OC(C)=O. The zero-order valence-electron chi connectivity index (χ0n) is 23.7. The van der Waals surface area contributed by atoms with Gasteiger partial charge in [0.05, 0.1) is 5.69 Å². The van der Waals surface area contributed by atoms with E-state index in [9.17, 15) is 24.0 Å². The van der Waals surface area contributed by atoms with Gasteiger partial charge in [-0.15, -0.1) is 0 Å². The smallest absolute Gasteiger partial charge is 0.303 e. The van der Waals surface area contributed by atoms with Gasteiger partial charge >= 0.3 is 23.9 Å². The average molecular weight is 612 g/mol. The number of carbonyl (C=O) groups is 4. The first kappa shape index (κ1) is 31.3. The van der Waals surface area contributed by atoms with Crippen molar-refractivity contribution in [3.63, 3.8) is 0 Å². The first-order chi connectivity index (χ1) is 20.5. The van der Waals surface area contributed by atoms with Crippen LogP contribution in [-0.4, -0.2) is 69.2 Å². The molecule has 1 fully saturated rings. The van der Waals surface area contributed by atoms with Crippen LogP contribution in [0.15, 0.2) is 65.5 Å². The molecule has 1 aromatic heterocycles. The number of nitrogens with zero attached hydrogens (tertiary/aromatic N) is 3. The van der Waals surface area contributed by atoms with Crippen molar-refractivity contribution in [2.75, 3.05) is 6.61 Å². The minimum Gasteiger partial charge on any atom is -0.463 e. The van der Waals surface area contributed by atoms with Gasteiger partial charge in [0.2, 0.25) is 4.77 Å². The Kier molecular flexibility index (Phi) is 9.83. The lowest BCUT2D eigenvalue weighted by atomic mass is 9.97. The molecule has 0 N–H and O–H groups in total. The largest absolute Gasteiger partial charge is 0.463 e. The third-order valence-electron chi connectivity index (χ3n) is 6.27. The minimum absolute atomic E-state index is 0.0223. The summed E-state index contributed by atoms with van der Waals surface area (Å²) in [6, 6.07) is 17.1. The molecule has 0 radical (unpaired) electrons. The van der Waals surface area contributed by atoms with Gasteiger partial charge in [-0.2, -0.15) is 5.10 Å². The highest BCUT2D eigenvalue weighted by Gasteiger charge is 2.53. The molecule has 0 saturated carbocycles. The van der Waals surface area contributed by atoms with E-state index in [4.69, 9.17) is 35.9 Å². The Hall–Kier alpha value is -4.69. The Morgan fingerprint density at radius 1 is 0.791 bits per heavy atom. The summed E-state index contributed by atoms with van der Waals surface area (Å²) in [6.45, 7) is 4.10. The lowest BCUT2D eigenvalue weighted by Crippen LogP contribution is -2.61. The average Bonchev–Trinajstić information content (AvgIpc) is 2.95. The fraction of sp³-hybridized carbons (Fsp3) is 0.345. The fourth-order valence-electron chi connectivity index (χ4n) is 4.64. The molecule has 0 bridgehead atoms. The first-order valence-corrected chi connectivity index (χ1v) is 13.6. The van der Waals surface area contributed by atoms with Crippen LogP contribution in [0.1, 0.15) is 33.9 Å². The van der Waals surface area contributed by atoms with Crippen LogP contribution in [0, 0.1) is 4.77 Å². The maximum absolute atomic E-state index is 13.8. The van der Waals surface area contributed by atoms with Crippen LogP contribution in [0.5, 0.6) is 0 Å². The molecule has 43 heavy (non-hydrogen) atoms. The summed E-state index contributed by atoms with van der Waals surface area (Å²) in [4.78, 5) is 62.3. The van der Waals surface area contributed by atoms with E-state index in [0.717, 1.165) is 25.5 Å². The molecule has 4 rings (SSSR count). The molecular weight excluding hydrogens is 582 g/mol. The summed E-state index contributed by atoms with van der Waals surface area (Å²) in [5.74, 6) is -3.01. The number of para-hydroxylation sites is 1. The Morgan fingerprint density at radius 3 is 1.88 bits per heavy atom. The van der Waals surface area contributed by atoms with E-state index in [0.29, 0.717) is 11.3 Å². The van der Waals surface area contributed by atoms with Crippen LogP contribution in [0.25, 0.3) is 16.9 Å². The van der Waals surface area contributed by atoms with E-state index in [1.54, 1.807) is 60.7 Å². The second kappa shape index (κ2) is 13.5. The molecule has 1 aliphatic rings.